The maximum atomic E-state index is 4.09. The van der Waals surface area contributed by atoms with Crippen molar-refractivity contribution in [2.24, 2.45) is 0 Å². The van der Waals surface area contributed by atoms with Crippen molar-refractivity contribution in [3.63, 3.8) is 0 Å². The molecule has 0 unspecified atom stereocenters. The van der Waals surface area contributed by atoms with Crippen molar-refractivity contribution in [3.8, 4) is 0 Å². The lowest BCUT2D eigenvalue weighted by molar-refractivity contribution is 0.313. The van der Waals surface area contributed by atoms with E-state index in [0.717, 1.165) is 25.9 Å². The Morgan fingerprint density at radius 2 is 1.78 bits per heavy atom. The average molecular weight is 305 g/mol. The predicted octanol–water partition coefficient (Wildman–Crippen LogP) is 5.17. The molecule has 0 amide bonds. The second-order valence-corrected chi connectivity index (χ2v) is 6.58. The Balaban J connectivity index is 2.22. The number of likely N-dealkylation sites (tertiary alicyclic amines) is 1. The lowest BCUT2D eigenvalue weighted by Gasteiger charge is -2.27. The number of hydrogen-bond donors (Lipinski definition) is 0. The number of aryl methyl sites for hydroxylation is 1. The molecule has 0 radical (unpaired) electrons. The molecule has 1 aromatic carbocycles. The van der Waals surface area contributed by atoms with Gasteiger partial charge in [0, 0.05) is 13.1 Å². The Hall–Kier alpha value is -1.86. The number of piperidine rings is 1. The molecule has 0 atom stereocenters. The van der Waals surface area contributed by atoms with Crippen molar-refractivity contribution in [3.05, 3.63) is 76.9 Å². The molecule has 23 heavy (non-hydrogen) atoms. The van der Waals surface area contributed by atoms with Crippen molar-refractivity contribution in [2.45, 2.75) is 32.6 Å². The Labute approximate surface area is 140 Å². The van der Waals surface area contributed by atoms with Crippen molar-refractivity contribution in [1.82, 2.24) is 4.90 Å². The Bertz CT molecular complexity index is 678. The maximum absolute atomic E-state index is 4.09. The van der Waals surface area contributed by atoms with Gasteiger partial charge in [-0.2, -0.15) is 0 Å². The first-order chi connectivity index (χ1) is 11.2. The van der Waals surface area contributed by atoms with Gasteiger partial charge in [0.1, 0.15) is 0 Å². The quantitative estimate of drug-likeness (QED) is 0.728. The van der Waals surface area contributed by atoms with Crippen molar-refractivity contribution >= 4 is 5.57 Å². The van der Waals surface area contributed by atoms with Crippen molar-refractivity contribution < 1.29 is 0 Å². The van der Waals surface area contributed by atoms with Gasteiger partial charge in [0.25, 0.3) is 0 Å². The van der Waals surface area contributed by atoms with Crippen LogP contribution >= 0.6 is 0 Å². The van der Waals surface area contributed by atoms with Crippen LogP contribution in [0.3, 0.4) is 0 Å². The molecule has 0 aromatic heterocycles. The lowest BCUT2D eigenvalue weighted by atomic mass is 9.85. The monoisotopic (exact) mass is 305 g/mol. The summed E-state index contributed by atoms with van der Waals surface area (Å²) in [7, 11) is 2.22. The van der Waals surface area contributed by atoms with E-state index >= 15 is 0 Å². The van der Waals surface area contributed by atoms with Crippen LogP contribution in [0.15, 0.2) is 65.8 Å². The smallest absolute Gasteiger partial charge is 0.00160 e. The highest BCUT2D eigenvalue weighted by Gasteiger charge is 2.22. The molecule has 0 bridgehead atoms. The summed E-state index contributed by atoms with van der Waals surface area (Å²) in [6.07, 6.45) is 11.1. The zero-order chi connectivity index (χ0) is 16.2. The van der Waals surface area contributed by atoms with Gasteiger partial charge < -0.3 is 4.90 Å². The highest BCUT2D eigenvalue weighted by atomic mass is 15.1. The van der Waals surface area contributed by atoms with Gasteiger partial charge in [-0.1, -0.05) is 54.6 Å². The molecule has 0 spiro atoms. The highest BCUT2D eigenvalue weighted by Crippen LogP contribution is 2.39. The number of nitrogens with zero attached hydrogens (tertiary/aromatic N) is 1. The van der Waals surface area contributed by atoms with Crippen LogP contribution in [0.2, 0.25) is 0 Å². The van der Waals surface area contributed by atoms with E-state index in [4.69, 9.17) is 0 Å². The minimum Gasteiger partial charge on any atom is -0.306 e. The molecule has 0 N–H and O–H groups in total. The zero-order valence-corrected chi connectivity index (χ0v) is 14.4. The Morgan fingerprint density at radius 3 is 2.48 bits per heavy atom. The van der Waals surface area contributed by atoms with Crippen LogP contribution in [0.25, 0.3) is 5.57 Å². The standard InChI is InChI=1S/C22H27N/c1-4-8-20-17(5-2)11-12-18-9-6-7-10-21(18)22(20)19-13-15-23(3)16-14-19/h4-10H,2,11-16H2,1,3H3/b8-4-. The fourth-order valence-electron chi connectivity index (χ4n) is 3.78. The number of rotatable bonds is 2. The summed E-state index contributed by atoms with van der Waals surface area (Å²) in [5, 5.41) is 0. The summed E-state index contributed by atoms with van der Waals surface area (Å²) in [6.45, 7) is 8.52. The van der Waals surface area contributed by atoms with Crippen LogP contribution in [0.1, 0.15) is 37.3 Å². The molecule has 0 saturated carbocycles. The van der Waals surface area contributed by atoms with E-state index in [1.165, 1.54) is 40.7 Å². The summed E-state index contributed by atoms with van der Waals surface area (Å²) >= 11 is 0. The van der Waals surface area contributed by atoms with E-state index in [1.54, 1.807) is 5.57 Å². The van der Waals surface area contributed by atoms with E-state index in [-0.39, 0.29) is 0 Å². The van der Waals surface area contributed by atoms with Gasteiger partial charge in [0.2, 0.25) is 0 Å². The van der Waals surface area contributed by atoms with E-state index in [2.05, 4.69) is 67.9 Å². The van der Waals surface area contributed by atoms with Crippen molar-refractivity contribution in [1.29, 1.82) is 0 Å². The summed E-state index contributed by atoms with van der Waals surface area (Å²) in [6, 6.07) is 8.96. The summed E-state index contributed by atoms with van der Waals surface area (Å²) in [4.78, 5) is 2.43. The Kier molecular flexibility index (Phi) is 4.97. The molecule has 3 rings (SSSR count). The van der Waals surface area contributed by atoms with Crippen LogP contribution in [-0.2, 0) is 6.42 Å². The molecular formula is C22H27N. The minimum atomic E-state index is 1.08. The lowest BCUT2D eigenvalue weighted by Crippen LogP contribution is -2.27. The van der Waals surface area contributed by atoms with Crippen LogP contribution in [0, 0.1) is 0 Å². The SMILES string of the molecule is C=CC1=C(/C=C\C)C(=C2CCN(C)CC2)c2ccccc2CC1. The Morgan fingerprint density at radius 1 is 1.04 bits per heavy atom. The van der Waals surface area contributed by atoms with Gasteiger partial charge in [0.05, 0.1) is 0 Å². The van der Waals surface area contributed by atoms with Gasteiger partial charge in [0.15, 0.2) is 0 Å². The van der Waals surface area contributed by atoms with Gasteiger partial charge >= 0.3 is 0 Å². The molecule has 1 fully saturated rings. The normalized spacial score (nSPS) is 19.9. The molecule has 120 valence electrons. The number of benzene rings is 1. The van der Waals surface area contributed by atoms with Gasteiger partial charge in [-0.25, -0.2) is 0 Å². The summed E-state index contributed by atoms with van der Waals surface area (Å²) in [5.41, 5.74) is 8.81. The largest absolute Gasteiger partial charge is 0.306 e. The topological polar surface area (TPSA) is 3.24 Å². The maximum Gasteiger partial charge on any atom is 0.00160 e. The second kappa shape index (κ2) is 7.14. The first-order valence-electron chi connectivity index (χ1n) is 8.72. The number of hydrogen-bond acceptors (Lipinski definition) is 1. The molecule has 1 aliphatic heterocycles. The molecular weight excluding hydrogens is 278 g/mol. The van der Waals surface area contributed by atoms with E-state index < -0.39 is 0 Å². The number of fused-ring (bicyclic) bond motifs is 1. The molecule has 1 aliphatic carbocycles. The fourth-order valence-corrected chi connectivity index (χ4v) is 3.78. The van der Waals surface area contributed by atoms with Crippen LogP contribution in [0.5, 0.6) is 0 Å². The third-order valence-corrected chi connectivity index (χ3v) is 5.09. The predicted molar refractivity (Wildman–Crippen MR) is 100 cm³/mol. The zero-order valence-electron chi connectivity index (χ0n) is 14.4. The fraction of sp³-hybridized carbons (Fsp3) is 0.364. The highest BCUT2D eigenvalue weighted by molar-refractivity contribution is 5.87. The van der Waals surface area contributed by atoms with Gasteiger partial charge in [-0.15, -0.1) is 0 Å². The second-order valence-electron chi connectivity index (χ2n) is 6.58. The third kappa shape index (κ3) is 3.25. The van der Waals surface area contributed by atoms with E-state index in [0.29, 0.717) is 0 Å². The summed E-state index contributed by atoms with van der Waals surface area (Å²) in [5.74, 6) is 0. The van der Waals surface area contributed by atoms with Gasteiger partial charge in [-0.05, 0) is 67.5 Å². The van der Waals surface area contributed by atoms with Crippen molar-refractivity contribution in [2.75, 3.05) is 20.1 Å². The average Bonchev–Trinajstić information content (AvgIpc) is 2.73. The number of allylic oxidation sites excluding steroid dienone is 6. The van der Waals surface area contributed by atoms with E-state index in [9.17, 15) is 0 Å². The molecule has 2 aliphatic rings. The van der Waals surface area contributed by atoms with Crippen LogP contribution in [-0.4, -0.2) is 25.0 Å². The van der Waals surface area contributed by atoms with Crippen LogP contribution in [0.4, 0.5) is 0 Å². The molecule has 1 heteroatoms. The first-order valence-corrected chi connectivity index (χ1v) is 8.72. The minimum absolute atomic E-state index is 1.08. The van der Waals surface area contributed by atoms with Gasteiger partial charge in [-0.3, -0.25) is 0 Å². The molecule has 1 saturated heterocycles. The van der Waals surface area contributed by atoms with Crippen LogP contribution < -0.4 is 0 Å². The van der Waals surface area contributed by atoms with E-state index in [1.807, 2.05) is 0 Å². The molecule has 1 aromatic rings. The molecule has 1 heterocycles. The third-order valence-electron chi connectivity index (χ3n) is 5.09. The first kappa shape index (κ1) is 16.0. The summed E-state index contributed by atoms with van der Waals surface area (Å²) < 4.78 is 0. The molecule has 1 nitrogen and oxygen atoms in total.